The summed E-state index contributed by atoms with van der Waals surface area (Å²) in [6.07, 6.45) is 0. The Kier molecular flexibility index (Phi) is 3.93. The van der Waals surface area contributed by atoms with Crippen LogP contribution in [-0.2, 0) is 10.8 Å². The minimum atomic E-state index is -0.281. The molecule has 0 unspecified atom stereocenters. The summed E-state index contributed by atoms with van der Waals surface area (Å²) >= 11 is 0. The van der Waals surface area contributed by atoms with Gasteiger partial charge >= 0.3 is 7.69 Å². The van der Waals surface area contributed by atoms with Crippen molar-refractivity contribution in [2.45, 2.75) is 52.4 Å². The van der Waals surface area contributed by atoms with Gasteiger partial charge in [0, 0.05) is 0 Å². The molecule has 0 spiro atoms. The Hall–Kier alpha value is -0.955. The summed E-state index contributed by atoms with van der Waals surface area (Å²) < 4.78 is 5.23. The van der Waals surface area contributed by atoms with E-state index in [2.05, 4.69) is 47.6 Å². The second kappa shape index (κ2) is 4.73. The van der Waals surface area contributed by atoms with Crippen LogP contribution in [0.25, 0.3) is 0 Å². The van der Waals surface area contributed by atoms with Crippen molar-refractivity contribution in [1.82, 2.24) is 0 Å². The fourth-order valence-corrected chi connectivity index (χ4v) is 1.62. The molecule has 0 aliphatic carbocycles. The Morgan fingerprint density at radius 1 is 0.882 bits per heavy atom. The molecule has 2 nitrogen and oxygen atoms in total. The van der Waals surface area contributed by atoms with Crippen molar-refractivity contribution in [3.8, 4) is 5.75 Å². The molecule has 17 heavy (non-hydrogen) atoms. The molecule has 0 aliphatic heterocycles. The molecule has 0 amide bonds. The molecule has 0 fully saturated rings. The predicted molar refractivity (Wildman–Crippen MR) is 73.8 cm³/mol. The summed E-state index contributed by atoms with van der Waals surface area (Å²) in [4.78, 5) is 0. The van der Waals surface area contributed by atoms with Crippen molar-refractivity contribution in [2.75, 3.05) is 0 Å². The van der Waals surface area contributed by atoms with Gasteiger partial charge in [0.05, 0.1) is 0 Å². The van der Waals surface area contributed by atoms with Crippen LogP contribution in [0.1, 0.15) is 52.7 Å². The lowest BCUT2D eigenvalue weighted by molar-refractivity contribution is 0.450. The van der Waals surface area contributed by atoms with Crippen LogP contribution >= 0.6 is 0 Å². The van der Waals surface area contributed by atoms with E-state index in [1.807, 2.05) is 12.1 Å². The van der Waals surface area contributed by atoms with E-state index in [0.29, 0.717) is 0 Å². The molecular weight excluding hydrogens is 211 g/mol. The van der Waals surface area contributed by atoms with Crippen molar-refractivity contribution in [2.24, 2.45) is 0 Å². The summed E-state index contributed by atoms with van der Waals surface area (Å²) in [6, 6.07) is 6.24. The summed E-state index contributed by atoms with van der Waals surface area (Å²) in [5.41, 5.74) is 2.62. The Labute approximate surface area is 105 Å². The Balaban J connectivity index is 3.29. The maximum Gasteiger partial charge on any atom is 0.504 e. The van der Waals surface area contributed by atoms with Gasteiger partial charge in [0.1, 0.15) is 5.75 Å². The third kappa shape index (κ3) is 3.77. The van der Waals surface area contributed by atoms with Gasteiger partial charge < -0.3 is 9.68 Å². The van der Waals surface area contributed by atoms with Crippen molar-refractivity contribution in [3.05, 3.63) is 29.3 Å². The average Bonchev–Trinajstić information content (AvgIpc) is 2.15. The van der Waals surface area contributed by atoms with E-state index in [-0.39, 0.29) is 18.5 Å². The zero-order valence-corrected chi connectivity index (χ0v) is 11.8. The van der Waals surface area contributed by atoms with Crippen LogP contribution in [-0.4, -0.2) is 12.7 Å². The quantitative estimate of drug-likeness (QED) is 0.797. The Morgan fingerprint density at radius 3 is 1.59 bits per heavy atom. The van der Waals surface area contributed by atoms with E-state index >= 15 is 0 Å². The highest BCUT2D eigenvalue weighted by Crippen LogP contribution is 2.32. The van der Waals surface area contributed by atoms with Crippen molar-refractivity contribution in [3.63, 3.8) is 0 Å². The van der Waals surface area contributed by atoms with Gasteiger partial charge in [-0.15, -0.1) is 0 Å². The van der Waals surface area contributed by atoms with Gasteiger partial charge in [-0.25, -0.2) is 0 Å². The van der Waals surface area contributed by atoms with Crippen molar-refractivity contribution in [1.29, 1.82) is 0 Å². The van der Waals surface area contributed by atoms with Crippen LogP contribution in [0.5, 0.6) is 5.75 Å². The molecule has 94 valence electrons. The molecule has 0 saturated carbocycles. The van der Waals surface area contributed by atoms with Gasteiger partial charge in [-0.1, -0.05) is 47.6 Å². The highest BCUT2D eigenvalue weighted by Gasteiger charge is 2.20. The molecule has 1 aromatic carbocycles. The molecule has 1 N–H and O–H groups in total. The van der Waals surface area contributed by atoms with E-state index < -0.39 is 0 Å². The highest BCUT2D eigenvalue weighted by molar-refractivity contribution is 6.17. The van der Waals surface area contributed by atoms with Crippen LogP contribution in [0.3, 0.4) is 0 Å². The van der Waals surface area contributed by atoms with Crippen LogP contribution in [0.2, 0.25) is 0 Å². The van der Waals surface area contributed by atoms with Gasteiger partial charge in [-0.2, -0.15) is 0 Å². The summed E-state index contributed by atoms with van der Waals surface area (Å²) in [5, 5.41) is 8.88. The lowest BCUT2D eigenvalue weighted by atomic mass is 9.80. The standard InChI is InChI=1S/C14H23BO2/c1-13(2,3)10-7-11(14(4,5)6)9-12(8-10)17-15-16/h7-9,15-16H,1-6H3. The highest BCUT2D eigenvalue weighted by atomic mass is 16.5. The zero-order valence-electron chi connectivity index (χ0n) is 11.8. The van der Waals surface area contributed by atoms with Crippen LogP contribution in [0.15, 0.2) is 18.2 Å². The van der Waals surface area contributed by atoms with Gasteiger partial charge in [0.2, 0.25) is 0 Å². The fraction of sp³-hybridized carbons (Fsp3) is 0.571. The SMILES string of the molecule is CC(C)(C)c1cc(OBO)cc(C(C)(C)C)c1. The molecule has 0 aromatic heterocycles. The minimum absolute atomic E-state index is 0.0782. The first-order valence-corrected chi connectivity index (χ1v) is 6.04. The molecule has 0 heterocycles. The first-order chi connectivity index (χ1) is 7.64. The number of hydrogen-bond acceptors (Lipinski definition) is 2. The molecule has 3 heteroatoms. The summed E-state index contributed by atoms with van der Waals surface area (Å²) in [6.45, 7) is 13.1. The van der Waals surface area contributed by atoms with E-state index in [0.717, 1.165) is 5.75 Å². The maximum absolute atomic E-state index is 8.88. The lowest BCUT2D eigenvalue weighted by Crippen LogP contribution is -2.17. The van der Waals surface area contributed by atoms with Crippen LogP contribution < -0.4 is 4.65 Å². The molecule has 0 atom stereocenters. The number of rotatable bonds is 2. The third-order valence-electron chi connectivity index (χ3n) is 2.87. The topological polar surface area (TPSA) is 29.5 Å². The molecule has 0 saturated heterocycles. The van der Waals surface area contributed by atoms with E-state index in [4.69, 9.17) is 9.68 Å². The molecule has 1 aromatic rings. The zero-order chi connectivity index (χ0) is 13.3. The van der Waals surface area contributed by atoms with Gasteiger partial charge in [0.25, 0.3) is 0 Å². The smallest absolute Gasteiger partial charge is 0.504 e. The van der Waals surface area contributed by atoms with Gasteiger partial charge in [-0.05, 0) is 34.1 Å². The molecule has 0 radical (unpaired) electrons. The summed E-state index contributed by atoms with van der Waals surface area (Å²) in [5.74, 6) is 0.741. The number of benzene rings is 1. The van der Waals surface area contributed by atoms with Crippen molar-refractivity contribution < 1.29 is 9.68 Å². The normalized spacial score (nSPS) is 12.4. The molecular formula is C14H23BO2. The van der Waals surface area contributed by atoms with E-state index in [1.54, 1.807) is 0 Å². The minimum Gasteiger partial charge on any atom is -0.539 e. The second-order valence-electron chi connectivity index (χ2n) is 6.52. The fourth-order valence-electron chi connectivity index (χ4n) is 1.62. The molecule has 0 bridgehead atoms. The lowest BCUT2D eigenvalue weighted by Gasteiger charge is -2.26. The van der Waals surface area contributed by atoms with Crippen LogP contribution in [0, 0.1) is 0 Å². The first kappa shape index (κ1) is 14.1. The van der Waals surface area contributed by atoms with E-state index in [1.165, 1.54) is 11.1 Å². The Bertz CT molecular complexity index is 354. The van der Waals surface area contributed by atoms with Crippen molar-refractivity contribution >= 4 is 7.69 Å². The predicted octanol–water partition coefficient (Wildman–Crippen LogP) is 2.92. The van der Waals surface area contributed by atoms with E-state index in [9.17, 15) is 0 Å². The average molecular weight is 234 g/mol. The van der Waals surface area contributed by atoms with Crippen LogP contribution in [0.4, 0.5) is 0 Å². The van der Waals surface area contributed by atoms with Gasteiger partial charge in [-0.3, -0.25) is 0 Å². The molecule has 0 aliphatic rings. The maximum atomic E-state index is 8.88. The van der Waals surface area contributed by atoms with Gasteiger partial charge in [0.15, 0.2) is 0 Å². The number of hydrogen-bond donors (Lipinski definition) is 1. The third-order valence-corrected chi connectivity index (χ3v) is 2.87. The Morgan fingerprint density at radius 2 is 1.29 bits per heavy atom. The first-order valence-electron chi connectivity index (χ1n) is 6.04. The summed E-state index contributed by atoms with van der Waals surface area (Å²) in [7, 11) is -0.281. The largest absolute Gasteiger partial charge is 0.539 e. The second-order valence-corrected chi connectivity index (χ2v) is 6.52. The molecule has 1 rings (SSSR count). The monoisotopic (exact) mass is 234 g/mol.